The number of nitrogens with one attached hydrogen (secondary N) is 2. The molecule has 0 atom stereocenters. The number of thiazole rings is 1. The average Bonchev–Trinajstić information content (AvgIpc) is 2.68. The summed E-state index contributed by atoms with van der Waals surface area (Å²) in [6.45, 7) is 8.79. The summed E-state index contributed by atoms with van der Waals surface area (Å²) in [5.41, 5.74) is 3.62. The molecule has 4 nitrogen and oxygen atoms in total. The van der Waals surface area contributed by atoms with Crippen molar-refractivity contribution in [2.24, 2.45) is 0 Å². The number of aryl methyl sites for hydroxylation is 3. The largest absolute Gasteiger partial charge is 0.385 e. The predicted molar refractivity (Wildman–Crippen MR) is 84.9 cm³/mol. The molecule has 2 aromatic rings. The minimum Gasteiger partial charge on any atom is -0.385 e. The van der Waals surface area contributed by atoms with Crippen molar-refractivity contribution in [3.63, 3.8) is 0 Å². The van der Waals surface area contributed by atoms with Crippen LogP contribution in [0.25, 0.3) is 0 Å². The van der Waals surface area contributed by atoms with Gasteiger partial charge in [-0.25, -0.2) is 4.98 Å². The summed E-state index contributed by atoms with van der Waals surface area (Å²) in [4.78, 5) is 17.7. The van der Waals surface area contributed by atoms with Crippen LogP contribution in [0.1, 0.15) is 33.4 Å². The SMILES string of the molecule is CCNc1ccc(C(=O)Nc2nc(C)c(C)s2)c(C)c1. The van der Waals surface area contributed by atoms with Crippen LogP contribution in [-0.4, -0.2) is 17.4 Å². The van der Waals surface area contributed by atoms with Crippen molar-refractivity contribution in [3.8, 4) is 0 Å². The van der Waals surface area contributed by atoms with E-state index in [1.54, 1.807) is 0 Å². The predicted octanol–water partition coefficient (Wildman–Crippen LogP) is 3.75. The highest BCUT2D eigenvalue weighted by molar-refractivity contribution is 7.15. The Hall–Kier alpha value is -1.88. The van der Waals surface area contributed by atoms with Gasteiger partial charge in [-0.15, -0.1) is 11.3 Å². The lowest BCUT2D eigenvalue weighted by Gasteiger charge is -2.09. The maximum Gasteiger partial charge on any atom is 0.257 e. The first-order chi connectivity index (χ1) is 9.51. The average molecular weight is 289 g/mol. The third-order valence-electron chi connectivity index (χ3n) is 3.10. The van der Waals surface area contributed by atoms with Crippen molar-refractivity contribution in [3.05, 3.63) is 39.9 Å². The summed E-state index contributed by atoms with van der Waals surface area (Å²) in [5.74, 6) is -0.112. The summed E-state index contributed by atoms with van der Waals surface area (Å²) in [7, 11) is 0. The minimum atomic E-state index is -0.112. The van der Waals surface area contributed by atoms with Crippen molar-refractivity contribution < 1.29 is 4.79 Å². The first kappa shape index (κ1) is 14.5. The molecule has 0 spiro atoms. The van der Waals surface area contributed by atoms with E-state index in [0.717, 1.165) is 28.4 Å². The number of rotatable bonds is 4. The molecule has 1 amide bonds. The van der Waals surface area contributed by atoms with Gasteiger partial charge in [-0.1, -0.05) is 0 Å². The van der Waals surface area contributed by atoms with E-state index in [9.17, 15) is 4.79 Å². The lowest BCUT2D eigenvalue weighted by atomic mass is 10.1. The Morgan fingerprint density at radius 2 is 2.05 bits per heavy atom. The lowest BCUT2D eigenvalue weighted by Crippen LogP contribution is -2.13. The fraction of sp³-hybridized carbons (Fsp3) is 0.333. The summed E-state index contributed by atoms with van der Waals surface area (Å²) in [5, 5.41) is 6.75. The molecular weight excluding hydrogens is 270 g/mol. The van der Waals surface area contributed by atoms with Gasteiger partial charge in [0.15, 0.2) is 5.13 Å². The third kappa shape index (κ3) is 3.17. The number of anilines is 2. The van der Waals surface area contributed by atoms with Gasteiger partial charge in [-0.05, 0) is 51.5 Å². The smallest absolute Gasteiger partial charge is 0.257 e. The topological polar surface area (TPSA) is 54.0 Å². The van der Waals surface area contributed by atoms with Gasteiger partial charge >= 0.3 is 0 Å². The fourth-order valence-corrected chi connectivity index (χ4v) is 2.73. The summed E-state index contributed by atoms with van der Waals surface area (Å²) >= 11 is 1.50. The summed E-state index contributed by atoms with van der Waals surface area (Å²) in [6.07, 6.45) is 0. The number of carbonyl (C=O) groups is 1. The van der Waals surface area contributed by atoms with E-state index in [2.05, 4.69) is 15.6 Å². The molecule has 0 aliphatic heterocycles. The Morgan fingerprint density at radius 3 is 2.60 bits per heavy atom. The van der Waals surface area contributed by atoms with Crippen LogP contribution in [0.4, 0.5) is 10.8 Å². The number of amides is 1. The number of benzene rings is 1. The van der Waals surface area contributed by atoms with Crippen LogP contribution in [0.15, 0.2) is 18.2 Å². The van der Waals surface area contributed by atoms with E-state index in [4.69, 9.17) is 0 Å². The molecule has 0 saturated carbocycles. The van der Waals surface area contributed by atoms with Crippen LogP contribution in [0.2, 0.25) is 0 Å². The first-order valence-electron chi connectivity index (χ1n) is 6.61. The molecule has 0 unspecified atom stereocenters. The van der Waals surface area contributed by atoms with Gasteiger partial charge in [-0.3, -0.25) is 10.1 Å². The molecule has 1 heterocycles. The zero-order valence-corrected chi connectivity index (χ0v) is 13.0. The molecular formula is C15H19N3OS. The molecule has 2 N–H and O–H groups in total. The van der Waals surface area contributed by atoms with E-state index in [1.807, 2.05) is 45.9 Å². The molecule has 0 fully saturated rings. The van der Waals surface area contributed by atoms with Crippen LogP contribution in [0.5, 0.6) is 0 Å². The van der Waals surface area contributed by atoms with Gasteiger partial charge in [0, 0.05) is 22.7 Å². The maximum atomic E-state index is 12.3. The van der Waals surface area contributed by atoms with Gasteiger partial charge < -0.3 is 5.32 Å². The van der Waals surface area contributed by atoms with E-state index in [-0.39, 0.29) is 5.91 Å². The fourth-order valence-electron chi connectivity index (χ4n) is 1.92. The molecule has 0 radical (unpaired) electrons. The molecule has 0 aliphatic rings. The zero-order valence-electron chi connectivity index (χ0n) is 12.2. The van der Waals surface area contributed by atoms with Gasteiger partial charge in [0.2, 0.25) is 0 Å². The highest BCUT2D eigenvalue weighted by Gasteiger charge is 2.12. The van der Waals surface area contributed by atoms with Gasteiger partial charge in [0.25, 0.3) is 5.91 Å². The maximum absolute atomic E-state index is 12.3. The van der Waals surface area contributed by atoms with Crippen molar-refractivity contribution >= 4 is 28.1 Å². The second-order valence-electron chi connectivity index (χ2n) is 4.67. The van der Waals surface area contributed by atoms with Crippen molar-refractivity contribution in [2.45, 2.75) is 27.7 Å². The summed E-state index contributed by atoms with van der Waals surface area (Å²) in [6, 6.07) is 5.75. The number of nitrogens with zero attached hydrogens (tertiary/aromatic N) is 1. The molecule has 0 bridgehead atoms. The standard InChI is InChI=1S/C15H19N3OS/c1-5-16-12-6-7-13(9(2)8-12)14(19)18-15-17-10(3)11(4)20-15/h6-8,16H,5H2,1-4H3,(H,17,18,19). The van der Waals surface area contributed by atoms with Gasteiger partial charge in [-0.2, -0.15) is 0 Å². The quantitative estimate of drug-likeness (QED) is 0.901. The highest BCUT2D eigenvalue weighted by Crippen LogP contribution is 2.22. The molecule has 1 aromatic carbocycles. The Bertz CT molecular complexity index is 615. The molecule has 2 rings (SSSR count). The van der Waals surface area contributed by atoms with E-state index in [0.29, 0.717) is 10.7 Å². The van der Waals surface area contributed by atoms with Gasteiger partial charge in [0.1, 0.15) is 0 Å². The van der Waals surface area contributed by atoms with Crippen LogP contribution < -0.4 is 10.6 Å². The molecule has 5 heteroatoms. The van der Waals surface area contributed by atoms with Crippen molar-refractivity contribution in [1.29, 1.82) is 0 Å². The summed E-state index contributed by atoms with van der Waals surface area (Å²) < 4.78 is 0. The second-order valence-corrected chi connectivity index (χ2v) is 5.88. The lowest BCUT2D eigenvalue weighted by molar-refractivity contribution is 0.102. The number of carbonyl (C=O) groups excluding carboxylic acids is 1. The molecule has 1 aromatic heterocycles. The number of hydrogen-bond acceptors (Lipinski definition) is 4. The van der Waals surface area contributed by atoms with Crippen molar-refractivity contribution in [2.75, 3.05) is 17.2 Å². The van der Waals surface area contributed by atoms with Gasteiger partial charge in [0.05, 0.1) is 5.69 Å². The minimum absolute atomic E-state index is 0.112. The highest BCUT2D eigenvalue weighted by atomic mass is 32.1. The molecule has 20 heavy (non-hydrogen) atoms. The van der Waals surface area contributed by atoms with Crippen LogP contribution in [0, 0.1) is 20.8 Å². The molecule has 106 valence electrons. The van der Waals surface area contributed by atoms with E-state index >= 15 is 0 Å². The monoisotopic (exact) mass is 289 g/mol. The van der Waals surface area contributed by atoms with Crippen molar-refractivity contribution in [1.82, 2.24) is 4.98 Å². The third-order valence-corrected chi connectivity index (χ3v) is 4.09. The number of aromatic nitrogens is 1. The van der Waals surface area contributed by atoms with Crippen LogP contribution in [0.3, 0.4) is 0 Å². The first-order valence-corrected chi connectivity index (χ1v) is 7.42. The van der Waals surface area contributed by atoms with Crippen LogP contribution >= 0.6 is 11.3 Å². The zero-order chi connectivity index (χ0) is 14.7. The van der Waals surface area contributed by atoms with E-state index in [1.165, 1.54) is 11.3 Å². The second kappa shape index (κ2) is 6.05. The Balaban J connectivity index is 2.16. The molecule has 0 aliphatic carbocycles. The Kier molecular flexibility index (Phi) is 4.39. The molecule has 0 saturated heterocycles. The Labute approximate surface area is 123 Å². The number of hydrogen-bond donors (Lipinski definition) is 2. The van der Waals surface area contributed by atoms with Crippen LogP contribution in [-0.2, 0) is 0 Å². The normalized spacial score (nSPS) is 10.4. The Morgan fingerprint density at radius 1 is 1.30 bits per heavy atom. The van der Waals surface area contributed by atoms with E-state index < -0.39 is 0 Å².